The van der Waals surface area contributed by atoms with Crippen LogP contribution >= 0.6 is 45.8 Å². The Kier molecular flexibility index (Phi) is 9.49. The lowest BCUT2D eigenvalue weighted by molar-refractivity contribution is -0.143. The van der Waals surface area contributed by atoms with Crippen LogP contribution in [-0.2, 0) is 16.1 Å². The summed E-state index contributed by atoms with van der Waals surface area (Å²) in [5.74, 6) is 0.149. The average molecular weight is 589 g/mol. The minimum atomic E-state index is -0.643. The minimum absolute atomic E-state index is 0.129. The molecular formula is C24H27Cl2IN2O3. The van der Waals surface area contributed by atoms with E-state index in [0.717, 1.165) is 29.3 Å². The van der Waals surface area contributed by atoms with Crippen molar-refractivity contribution in [2.24, 2.45) is 0 Å². The van der Waals surface area contributed by atoms with Gasteiger partial charge in [-0.05, 0) is 78.3 Å². The highest BCUT2D eigenvalue weighted by Gasteiger charge is 2.31. The molecule has 3 rings (SSSR count). The molecule has 172 valence electrons. The summed E-state index contributed by atoms with van der Waals surface area (Å²) in [6, 6.07) is 12.2. The number of benzene rings is 2. The molecule has 5 nitrogen and oxygen atoms in total. The van der Waals surface area contributed by atoms with Gasteiger partial charge >= 0.3 is 0 Å². The Hall–Kier alpha value is -1.51. The van der Waals surface area contributed by atoms with Crippen LogP contribution in [0.25, 0.3) is 0 Å². The van der Waals surface area contributed by atoms with Crippen molar-refractivity contribution in [1.29, 1.82) is 0 Å². The first-order chi connectivity index (χ1) is 15.4. The van der Waals surface area contributed by atoms with E-state index in [4.69, 9.17) is 27.9 Å². The van der Waals surface area contributed by atoms with E-state index in [1.807, 2.05) is 31.2 Å². The SMILES string of the molecule is CC[C@@H](C(=O)NC1CCCC1)N(Cc1c(Cl)cccc1Cl)C(=O)COc1ccc(I)cc1. The third-order valence-electron chi connectivity index (χ3n) is 5.65. The number of nitrogens with one attached hydrogen (secondary N) is 1. The van der Waals surface area contributed by atoms with E-state index in [-0.39, 0.29) is 31.0 Å². The molecule has 1 atom stereocenters. The summed E-state index contributed by atoms with van der Waals surface area (Å²) >= 11 is 15.0. The number of rotatable bonds is 9. The smallest absolute Gasteiger partial charge is 0.261 e. The summed E-state index contributed by atoms with van der Waals surface area (Å²) < 4.78 is 6.79. The van der Waals surface area contributed by atoms with Gasteiger partial charge in [0.25, 0.3) is 5.91 Å². The molecule has 0 saturated heterocycles. The van der Waals surface area contributed by atoms with Crippen molar-refractivity contribution in [3.05, 3.63) is 61.6 Å². The Balaban J connectivity index is 1.80. The molecule has 2 aromatic rings. The maximum absolute atomic E-state index is 13.3. The lowest BCUT2D eigenvalue weighted by Gasteiger charge is -2.32. The van der Waals surface area contributed by atoms with Gasteiger partial charge in [0.1, 0.15) is 11.8 Å². The number of hydrogen-bond donors (Lipinski definition) is 1. The Morgan fingerprint density at radius 3 is 2.34 bits per heavy atom. The van der Waals surface area contributed by atoms with Crippen molar-refractivity contribution in [1.82, 2.24) is 10.2 Å². The molecule has 0 aliphatic heterocycles. The molecule has 32 heavy (non-hydrogen) atoms. The second-order valence-corrected chi connectivity index (χ2v) is 9.94. The summed E-state index contributed by atoms with van der Waals surface area (Å²) in [5.41, 5.74) is 0.616. The van der Waals surface area contributed by atoms with E-state index < -0.39 is 6.04 Å². The maximum atomic E-state index is 13.3. The molecule has 1 aliphatic rings. The number of halogens is 3. The van der Waals surface area contributed by atoms with Crippen LogP contribution in [0.1, 0.15) is 44.6 Å². The maximum Gasteiger partial charge on any atom is 0.261 e. The van der Waals surface area contributed by atoms with Gasteiger partial charge in [-0.25, -0.2) is 0 Å². The van der Waals surface area contributed by atoms with Gasteiger partial charge in [-0.3, -0.25) is 9.59 Å². The third-order valence-corrected chi connectivity index (χ3v) is 7.08. The largest absolute Gasteiger partial charge is 0.484 e. The van der Waals surface area contributed by atoms with Gasteiger partial charge in [0, 0.05) is 31.8 Å². The van der Waals surface area contributed by atoms with E-state index >= 15 is 0 Å². The fourth-order valence-corrected chi connectivity index (χ4v) is 4.78. The van der Waals surface area contributed by atoms with Gasteiger partial charge in [-0.1, -0.05) is 49.0 Å². The van der Waals surface area contributed by atoms with Crippen molar-refractivity contribution in [2.75, 3.05) is 6.61 Å². The Morgan fingerprint density at radius 2 is 1.75 bits per heavy atom. The van der Waals surface area contributed by atoms with Crippen LogP contribution in [0.5, 0.6) is 5.75 Å². The number of ether oxygens (including phenoxy) is 1. The van der Waals surface area contributed by atoms with Crippen LogP contribution in [0.3, 0.4) is 0 Å². The molecule has 8 heteroatoms. The summed E-state index contributed by atoms with van der Waals surface area (Å²) in [6.45, 7) is 1.84. The van der Waals surface area contributed by atoms with Gasteiger partial charge in [0.15, 0.2) is 6.61 Å². The zero-order valence-electron chi connectivity index (χ0n) is 18.0. The van der Waals surface area contributed by atoms with Gasteiger partial charge < -0.3 is 15.0 Å². The fourth-order valence-electron chi connectivity index (χ4n) is 3.90. The summed E-state index contributed by atoms with van der Waals surface area (Å²) in [6.07, 6.45) is 4.65. The van der Waals surface area contributed by atoms with Crippen LogP contribution in [0.2, 0.25) is 10.0 Å². The number of carbonyl (C=O) groups is 2. The van der Waals surface area contributed by atoms with Crippen molar-refractivity contribution in [2.45, 2.75) is 57.7 Å². The molecule has 1 saturated carbocycles. The van der Waals surface area contributed by atoms with E-state index in [1.165, 1.54) is 4.90 Å². The first-order valence-electron chi connectivity index (χ1n) is 10.8. The second kappa shape index (κ2) is 12.1. The highest BCUT2D eigenvalue weighted by atomic mass is 127. The van der Waals surface area contributed by atoms with Gasteiger partial charge in [-0.2, -0.15) is 0 Å². The first kappa shape index (κ1) is 25.1. The molecular weight excluding hydrogens is 562 g/mol. The first-order valence-corrected chi connectivity index (χ1v) is 12.6. The molecule has 0 spiro atoms. The van der Waals surface area contributed by atoms with E-state index in [9.17, 15) is 9.59 Å². The Labute approximate surface area is 212 Å². The molecule has 0 bridgehead atoms. The van der Waals surface area contributed by atoms with Crippen LogP contribution < -0.4 is 10.1 Å². The fraction of sp³-hybridized carbons (Fsp3) is 0.417. The molecule has 1 aliphatic carbocycles. The minimum Gasteiger partial charge on any atom is -0.484 e. The molecule has 1 N–H and O–H groups in total. The molecule has 1 fully saturated rings. The lowest BCUT2D eigenvalue weighted by Crippen LogP contribution is -2.52. The summed E-state index contributed by atoms with van der Waals surface area (Å²) in [7, 11) is 0. The van der Waals surface area contributed by atoms with Crippen molar-refractivity contribution in [3.8, 4) is 5.75 Å². The summed E-state index contributed by atoms with van der Waals surface area (Å²) in [5, 5.41) is 4.04. The third kappa shape index (κ3) is 6.75. The van der Waals surface area contributed by atoms with Crippen molar-refractivity contribution >= 4 is 57.6 Å². The predicted molar refractivity (Wildman–Crippen MR) is 136 cm³/mol. The van der Waals surface area contributed by atoms with E-state index in [2.05, 4.69) is 27.9 Å². The predicted octanol–water partition coefficient (Wildman–Crippen LogP) is 5.84. The summed E-state index contributed by atoms with van der Waals surface area (Å²) in [4.78, 5) is 28.0. The number of amides is 2. The zero-order valence-corrected chi connectivity index (χ0v) is 21.6. The monoisotopic (exact) mass is 588 g/mol. The Morgan fingerprint density at radius 1 is 1.12 bits per heavy atom. The second-order valence-electron chi connectivity index (χ2n) is 7.88. The van der Waals surface area contributed by atoms with Crippen molar-refractivity contribution in [3.63, 3.8) is 0 Å². The van der Waals surface area contributed by atoms with Crippen LogP contribution in [0.4, 0.5) is 0 Å². The van der Waals surface area contributed by atoms with Crippen molar-refractivity contribution < 1.29 is 14.3 Å². The topological polar surface area (TPSA) is 58.6 Å². The molecule has 0 radical (unpaired) electrons. The van der Waals surface area contributed by atoms with Crippen LogP contribution in [0.15, 0.2) is 42.5 Å². The van der Waals surface area contributed by atoms with Gasteiger partial charge in [-0.15, -0.1) is 0 Å². The molecule has 0 unspecified atom stereocenters. The van der Waals surface area contributed by atoms with E-state index in [0.29, 0.717) is 27.8 Å². The number of hydrogen-bond acceptors (Lipinski definition) is 3. The van der Waals surface area contributed by atoms with Gasteiger partial charge in [0.2, 0.25) is 5.91 Å². The molecule has 0 aromatic heterocycles. The van der Waals surface area contributed by atoms with Gasteiger partial charge in [0.05, 0.1) is 0 Å². The number of carbonyl (C=O) groups excluding carboxylic acids is 2. The average Bonchev–Trinajstić information content (AvgIpc) is 3.28. The lowest BCUT2D eigenvalue weighted by atomic mass is 10.1. The normalized spacial score (nSPS) is 14.8. The quantitative estimate of drug-likeness (QED) is 0.374. The van der Waals surface area contributed by atoms with Crippen LogP contribution in [-0.4, -0.2) is 35.4 Å². The molecule has 0 heterocycles. The highest BCUT2D eigenvalue weighted by molar-refractivity contribution is 14.1. The zero-order chi connectivity index (χ0) is 23.1. The van der Waals surface area contributed by atoms with Crippen LogP contribution in [0, 0.1) is 3.57 Å². The molecule has 2 aromatic carbocycles. The highest BCUT2D eigenvalue weighted by Crippen LogP contribution is 2.27. The molecule has 2 amide bonds. The van der Waals surface area contributed by atoms with E-state index in [1.54, 1.807) is 18.2 Å². The Bertz CT molecular complexity index is 913. The number of nitrogens with zero attached hydrogens (tertiary/aromatic N) is 1. The standard InChI is InChI=1S/C24H27Cl2IN2O3/c1-2-22(24(31)28-17-6-3-4-7-17)29(14-19-20(25)8-5-9-21(19)26)23(30)15-32-18-12-10-16(27)11-13-18/h5,8-13,17,22H,2-4,6-7,14-15H2,1H3,(H,28,31)/t22-/m0/s1.